The number of amides is 1. The Bertz CT molecular complexity index is 1060. The van der Waals surface area contributed by atoms with Crippen molar-refractivity contribution in [2.45, 2.75) is 46.1 Å². The Labute approximate surface area is 188 Å². The van der Waals surface area contributed by atoms with Crippen LogP contribution in [0.4, 0.5) is 11.6 Å². The maximum Gasteiger partial charge on any atom is 0.274 e. The third-order valence-electron chi connectivity index (χ3n) is 5.57. The van der Waals surface area contributed by atoms with Gasteiger partial charge >= 0.3 is 0 Å². The van der Waals surface area contributed by atoms with Crippen LogP contribution in [0.25, 0.3) is 0 Å². The van der Waals surface area contributed by atoms with Gasteiger partial charge in [0.25, 0.3) is 5.91 Å². The summed E-state index contributed by atoms with van der Waals surface area (Å²) in [5, 5.41) is 2.86. The molecule has 0 aromatic carbocycles. The minimum atomic E-state index is -0.271. The first-order chi connectivity index (χ1) is 15.5. The third kappa shape index (κ3) is 5.19. The highest BCUT2D eigenvalue weighted by Gasteiger charge is 2.22. The molecular weight excluding hydrogens is 404 g/mol. The van der Waals surface area contributed by atoms with E-state index < -0.39 is 0 Å². The van der Waals surface area contributed by atoms with E-state index in [-0.39, 0.29) is 12.0 Å². The summed E-state index contributed by atoms with van der Waals surface area (Å²) in [5.41, 5.74) is 3.84. The summed E-state index contributed by atoms with van der Waals surface area (Å²) >= 11 is 0. The summed E-state index contributed by atoms with van der Waals surface area (Å²) in [6.07, 6.45) is 8.18. The molecule has 1 aliphatic rings. The summed E-state index contributed by atoms with van der Waals surface area (Å²) in [6.45, 7) is 7.56. The Morgan fingerprint density at radius 2 is 1.81 bits per heavy atom. The predicted molar refractivity (Wildman–Crippen MR) is 123 cm³/mol. The zero-order chi connectivity index (χ0) is 22.5. The van der Waals surface area contributed by atoms with Crippen molar-refractivity contribution in [3.63, 3.8) is 0 Å². The number of carbonyl (C=O) groups is 1. The van der Waals surface area contributed by atoms with Gasteiger partial charge in [0.05, 0.1) is 17.6 Å². The van der Waals surface area contributed by atoms with Gasteiger partial charge in [-0.05, 0) is 50.1 Å². The first-order valence-electron chi connectivity index (χ1n) is 11.0. The number of hydrogen-bond acceptors (Lipinski definition) is 7. The van der Waals surface area contributed by atoms with Crippen LogP contribution in [0.2, 0.25) is 0 Å². The number of hydrogen-bond donors (Lipinski definition) is 1. The van der Waals surface area contributed by atoms with E-state index in [0.717, 1.165) is 55.3 Å². The number of piperidine rings is 1. The van der Waals surface area contributed by atoms with Gasteiger partial charge in [0.15, 0.2) is 0 Å². The summed E-state index contributed by atoms with van der Waals surface area (Å²) in [5.74, 6) is 1.17. The monoisotopic (exact) mass is 432 g/mol. The van der Waals surface area contributed by atoms with E-state index in [2.05, 4.69) is 37.1 Å². The van der Waals surface area contributed by atoms with E-state index >= 15 is 0 Å². The highest BCUT2D eigenvalue weighted by molar-refractivity contribution is 6.03. The lowest BCUT2D eigenvalue weighted by atomic mass is 10.1. The van der Waals surface area contributed by atoms with Crippen LogP contribution in [0.15, 0.2) is 42.9 Å². The summed E-state index contributed by atoms with van der Waals surface area (Å²) in [4.78, 5) is 32.3. The number of nitrogens with zero attached hydrogens (tertiary/aromatic N) is 5. The fourth-order valence-corrected chi connectivity index (χ4v) is 3.65. The molecule has 4 rings (SSSR count). The van der Waals surface area contributed by atoms with Gasteiger partial charge in [0, 0.05) is 44.0 Å². The van der Waals surface area contributed by atoms with E-state index in [1.165, 1.54) is 0 Å². The van der Waals surface area contributed by atoms with Gasteiger partial charge in [-0.15, -0.1) is 0 Å². The molecule has 8 heteroatoms. The zero-order valence-corrected chi connectivity index (χ0v) is 18.7. The van der Waals surface area contributed by atoms with Gasteiger partial charge in [-0.2, -0.15) is 0 Å². The van der Waals surface area contributed by atoms with Crippen molar-refractivity contribution in [3.8, 4) is 5.75 Å². The number of ether oxygens (including phenoxy) is 1. The fourth-order valence-electron chi connectivity index (χ4n) is 3.65. The largest absolute Gasteiger partial charge is 0.489 e. The number of aryl methyl sites for hydroxylation is 3. The van der Waals surface area contributed by atoms with E-state index in [4.69, 9.17) is 4.74 Å². The van der Waals surface area contributed by atoms with Crippen LogP contribution >= 0.6 is 0 Å². The van der Waals surface area contributed by atoms with Crippen molar-refractivity contribution in [2.75, 3.05) is 23.3 Å². The van der Waals surface area contributed by atoms with Crippen molar-refractivity contribution in [1.82, 2.24) is 19.9 Å². The van der Waals surface area contributed by atoms with Gasteiger partial charge in [-0.1, -0.05) is 6.92 Å². The molecule has 3 aromatic rings. The van der Waals surface area contributed by atoms with E-state index in [1.807, 2.05) is 38.4 Å². The molecule has 0 atom stereocenters. The molecule has 1 aliphatic heterocycles. The summed E-state index contributed by atoms with van der Waals surface area (Å²) in [6, 6.07) is 7.19. The molecule has 1 fully saturated rings. The third-order valence-corrected chi connectivity index (χ3v) is 5.57. The van der Waals surface area contributed by atoms with Crippen LogP contribution < -0.4 is 15.0 Å². The number of nitrogens with one attached hydrogen (secondary N) is 1. The smallest absolute Gasteiger partial charge is 0.274 e. The van der Waals surface area contributed by atoms with Gasteiger partial charge in [-0.25, -0.2) is 15.0 Å². The van der Waals surface area contributed by atoms with Crippen LogP contribution in [0, 0.1) is 13.8 Å². The van der Waals surface area contributed by atoms with E-state index in [9.17, 15) is 4.79 Å². The van der Waals surface area contributed by atoms with E-state index in [0.29, 0.717) is 17.1 Å². The molecule has 0 radical (unpaired) electrons. The molecule has 1 amide bonds. The summed E-state index contributed by atoms with van der Waals surface area (Å²) < 4.78 is 6.09. The zero-order valence-electron chi connectivity index (χ0n) is 18.7. The molecule has 0 saturated carbocycles. The molecule has 0 aliphatic carbocycles. The second kappa shape index (κ2) is 9.72. The van der Waals surface area contributed by atoms with Gasteiger partial charge in [-0.3, -0.25) is 9.78 Å². The average molecular weight is 433 g/mol. The van der Waals surface area contributed by atoms with Crippen molar-refractivity contribution < 1.29 is 9.53 Å². The lowest BCUT2D eigenvalue weighted by Crippen LogP contribution is -2.39. The number of pyridine rings is 2. The molecule has 1 N–H and O–H groups in total. The standard InChI is InChI=1S/C24H28N6O2/c1-4-18-13-26-24(27-14-18)30-11-9-19(10-12-30)32-20-6-8-22(25-15-20)23(31)29-21-7-5-16(2)28-17(21)3/h5-8,13-15,19H,4,9-12H2,1-3H3,(H,29,31). The molecule has 0 unspecified atom stereocenters. The van der Waals surface area contributed by atoms with Gasteiger partial charge < -0.3 is 15.0 Å². The minimum absolute atomic E-state index is 0.101. The topological polar surface area (TPSA) is 93.1 Å². The molecule has 32 heavy (non-hydrogen) atoms. The Balaban J connectivity index is 1.29. The maximum absolute atomic E-state index is 12.5. The molecule has 3 aromatic heterocycles. The maximum atomic E-state index is 12.5. The highest BCUT2D eigenvalue weighted by Crippen LogP contribution is 2.21. The van der Waals surface area contributed by atoms with Crippen molar-refractivity contribution >= 4 is 17.5 Å². The average Bonchev–Trinajstić information content (AvgIpc) is 2.82. The lowest BCUT2D eigenvalue weighted by Gasteiger charge is -2.32. The minimum Gasteiger partial charge on any atom is -0.489 e. The normalized spacial score (nSPS) is 14.3. The van der Waals surface area contributed by atoms with Crippen molar-refractivity contribution in [2.24, 2.45) is 0 Å². The Morgan fingerprint density at radius 3 is 2.44 bits per heavy atom. The first kappa shape index (κ1) is 21.7. The second-order valence-corrected chi connectivity index (χ2v) is 7.97. The number of aromatic nitrogens is 4. The molecule has 1 saturated heterocycles. The SMILES string of the molecule is CCc1cnc(N2CCC(Oc3ccc(C(=O)Nc4ccc(C)nc4C)nc3)CC2)nc1. The lowest BCUT2D eigenvalue weighted by molar-refractivity contribution is 0.102. The van der Waals surface area contributed by atoms with Gasteiger partial charge in [0.1, 0.15) is 17.5 Å². The Hall–Kier alpha value is -3.55. The predicted octanol–water partition coefficient (Wildman–Crippen LogP) is 3.75. The molecule has 0 spiro atoms. The number of carbonyl (C=O) groups excluding carboxylic acids is 1. The second-order valence-electron chi connectivity index (χ2n) is 7.97. The van der Waals surface area contributed by atoms with Gasteiger partial charge in [0.2, 0.25) is 5.95 Å². The van der Waals surface area contributed by atoms with Crippen LogP contribution in [0.1, 0.15) is 47.2 Å². The summed E-state index contributed by atoms with van der Waals surface area (Å²) in [7, 11) is 0. The van der Waals surface area contributed by atoms with Crippen LogP contribution in [-0.2, 0) is 6.42 Å². The molecule has 166 valence electrons. The molecule has 8 nitrogen and oxygen atoms in total. The van der Waals surface area contributed by atoms with Crippen molar-refractivity contribution in [3.05, 3.63) is 65.5 Å². The number of anilines is 2. The van der Waals surface area contributed by atoms with Crippen LogP contribution in [0.3, 0.4) is 0 Å². The van der Waals surface area contributed by atoms with Crippen LogP contribution in [0.5, 0.6) is 5.75 Å². The highest BCUT2D eigenvalue weighted by atomic mass is 16.5. The van der Waals surface area contributed by atoms with Crippen molar-refractivity contribution in [1.29, 1.82) is 0 Å². The van der Waals surface area contributed by atoms with Crippen LogP contribution in [-0.4, -0.2) is 45.0 Å². The number of rotatable bonds is 6. The molecular formula is C24H28N6O2. The quantitative estimate of drug-likeness (QED) is 0.634. The fraction of sp³-hybridized carbons (Fsp3) is 0.375. The Morgan fingerprint density at radius 1 is 1.06 bits per heavy atom. The molecule has 4 heterocycles. The first-order valence-corrected chi connectivity index (χ1v) is 11.0. The van der Waals surface area contributed by atoms with E-state index in [1.54, 1.807) is 18.3 Å². The molecule has 0 bridgehead atoms. The Kier molecular flexibility index (Phi) is 6.58.